The Labute approximate surface area is 117 Å². The van der Waals surface area contributed by atoms with Gasteiger partial charge in [0.1, 0.15) is 0 Å². The van der Waals surface area contributed by atoms with Gasteiger partial charge in [-0.1, -0.05) is 12.1 Å². The van der Waals surface area contributed by atoms with Gasteiger partial charge in [-0.25, -0.2) is 0 Å². The number of aromatic amines is 1. The third-order valence-corrected chi connectivity index (χ3v) is 3.04. The van der Waals surface area contributed by atoms with Crippen LogP contribution in [0.15, 0.2) is 55.5 Å². The highest BCUT2D eigenvalue weighted by atomic mass is 79.9. The van der Waals surface area contributed by atoms with Crippen molar-refractivity contribution in [3.63, 3.8) is 0 Å². The first kappa shape index (κ1) is 12.8. The zero-order valence-electron chi connectivity index (χ0n) is 10.0. The minimum atomic E-state index is 0. The third-order valence-electron chi connectivity index (χ3n) is 3.04. The molecule has 0 saturated carbocycles. The van der Waals surface area contributed by atoms with Crippen molar-refractivity contribution in [2.45, 2.75) is 0 Å². The Hall–Kier alpha value is -1.68. The van der Waals surface area contributed by atoms with Crippen LogP contribution in [0.4, 0.5) is 5.69 Å². The second-order valence-electron chi connectivity index (χ2n) is 4.19. The van der Waals surface area contributed by atoms with Crippen LogP contribution >= 0.6 is 17.0 Å². The van der Waals surface area contributed by atoms with Gasteiger partial charge in [-0.15, -0.1) is 23.6 Å². The second-order valence-corrected chi connectivity index (χ2v) is 4.19. The maximum Gasteiger partial charge on any atom is 0.0945 e. The maximum atomic E-state index is 3.76. The Morgan fingerprint density at radius 1 is 1.28 bits per heavy atom. The molecule has 0 unspecified atom stereocenters. The second kappa shape index (κ2) is 5.31. The van der Waals surface area contributed by atoms with E-state index in [9.17, 15) is 0 Å². The molecule has 0 fully saturated rings. The van der Waals surface area contributed by atoms with Gasteiger partial charge in [0.15, 0.2) is 0 Å². The Morgan fingerprint density at radius 3 is 3.00 bits per heavy atom. The van der Waals surface area contributed by atoms with Crippen molar-refractivity contribution in [2.24, 2.45) is 0 Å². The minimum Gasteiger partial charge on any atom is -0.361 e. The van der Waals surface area contributed by atoms with E-state index in [2.05, 4.69) is 58.0 Å². The highest BCUT2D eigenvalue weighted by Gasteiger charge is 2.14. The van der Waals surface area contributed by atoms with Crippen molar-refractivity contribution in [1.29, 1.82) is 0 Å². The maximum absolute atomic E-state index is 3.76. The van der Waals surface area contributed by atoms with Gasteiger partial charge >= 0.3 is 0 Å². The molecule has 2 heterocycles. The lowest BCUT2D eigenvalue weighted by molar-refractivity contribution is 0.451. The number of anilines is 1. The summed E-state index contributed by atoms with van der Waals surface area (Å²) in [7, 11) is 0. The van der Waals surface area contributed by atoms with E-state index in [4.69, 9.17) is 0 Å². The monoisotopic (exact) mass is 305 g/mol. The van der Waals surface area contributed by atoms with Crippen LogP contribution in [0.3, 0.4) is 0 Å². The molecule has 1 N–H and O–H groups in total. The van der Waals surface area contributed by atoms with Crippen LogP contribution in [0.25, 0.3) is 10.9 Å². The van der Waals surface area contributed by atoms with Crippen molar-refractivity contribution < 1.29 is 0 Å². The number of nitrogens with one attached hydrogen (secondary N) is 1. The molecule has 0 radical (unpaired) electrons. The number of fused-ring (bicyclic) bond motifs is 1. The third kappa shape index (κ3) is 2.16. The Bertz CT molecular complexity index is 573. The first-order valence-electron chi connectivity index (χ1n) is 5.74. The molecule has 0 bridgehead atoms. The van der Waals surface area contributed by atoms with Crippen molar-refractivity contribution in [3.8, 4) is 0 Å². The number of H-pyrrole nitrogens is 1. The average molecular weight is 306 g/mol. The Morgan fingerprint density at radius 2 is 2.17 bits per heavy atom. The van der Waals surface area contributed by atoms with Crippen molar-refractivity contribution in [1.82, 2.24) is 9.88 Å². The molecule has 0 atom stereocenters. The number of hydrogen-bond donors (Lipinski definition) is 1. The predicted octanol–water partition coefficient (Wildman–Crippen LogP) is 3.48. The van der Waals surface area contributed by atoms with Crippen molar-refractivity contribution in [2.75, 3.05) is 18.1 Å². The van der Waals surface area contributed by atoms with Crippen LogP contribution < -0.4 is 4.90 Å². The molecular weight excluding hydrogens is 290 g/mol. The fourth-order valence-electron chi connectivity index (χ4n) is 2.22. The van der Waals surface area contributed by atoms with E-state index in [1.165, 1.54) is 16.6 Å². The zero-order chi connectivity index (χ0) is 11.7. The molecule has 4 heteroatoms. The molecule has 3 nitrogen and oxygen atoms in total. The van der Waals surface area contributed by atoms with Crippen molar-refractivity contribution in [3.05, 3.63) is 55.5 Å². The van der Waals surface area contributed by atoms with E-state index in [1.807, 2.05) is 12.3 Å². The Balaban J connectivity index is 0.00000120. The smallest absolute Gasteiger partial charge is 0.0945 e. The van der Waals surface area contributed by atoms with Crippen LogP contribution in [0.2, 0.25) is 0 Å². The van der Waals surface area contributed by atoms with Crippen LogP contribution in [0, 0.1) is 0 Å². The lowest BCUT2D eigenvalue weighted by atomic mass is 10.2. The number of halogens is 1. The molecule has 0 aliphatic carbocycles. The highest BCUT2D eigenvalue weighted by Crippen LogP contribution is 2.28. The molecule has 18 heavy (non-hydrogen) atoms. The van der Waals surface area contributed by atoms with Gasteiger partial charge in [-0.2, -0.15) is 0 Å². The summed E-state index contributed by atoms with van der Waals surface area (Å²) in [6, 6.07) is 8.45. The summed E-state index contributed by atoms with van der Waals surface area (Å²) in [4.78, 5) is 7.71. The van der Waals surface area contributed by atoms with Gasteiger partial charge < -0.3 is 14.8 Å². The summed E-state index contributed by atoms with van der Waals surface area (Å²) in [5, 5.41) is 1.26. The fourth-order valence-corrected chi connectivity index (χ4v) is 2.22. The van der Waals surface area contributed by atoms with Crippen molar-refractivity contribution >= 4 is 33.6 Å². The fraction of sp³-hybridized carbons (Fsp3) is 0.143. The van der Waals surface area contributed by atoms with Gasteiger partial charge in [0.05, 0.1) is 12.4 Å². The molecule has 0 amide bonds. The van der Waals surface area contributed by atoms with Gasteiger partial charge in [0, 0.05) is 36.0 Å². The summed E-state index contributed by atoms with van der Waals surface area (Å²) < 4.78 is 0. The van der Waals surface area contributed by atoms with Gasteiger partial charge in [-0.05, 0) is 18.2 Å². The summed E-state index contributed by atoms with van der Waals surface area (Å²) >= 11 is 0. The number of aromatic nitrogens is 1. The molecule has 1 aliphatic rings. The number of nitrogens with zero attached hydrogens (tertiary/aromatic N) is 2. The standard InChI is InChI=1S/C14H15N3.BrH/c1-2-8-16-9-10-17(11-16)14-5-3-4-13-12(14)6-7-15-13;/h2-7,9-10,15H,1,8,11H2;1H. The lowest BCUT2D eigenvalue weighted by Gasteiger charge is -2.20. The topological polar surface area (TPSA) is 22.3 Å². The minimum absolute atomic E-state index is 0. The molecule has 1 aliphatic heterocycles. The van der Waals surface area contributed by atoms with E-state index >= 15 is 0 Å². The van der Waals surface area contributed by atoms with E-state index in [-0.39, 0.29) is 17.0 Å². The first-order chi connectivity index (χ1) is 8.38. The molecule has 94 valence electrons. The van der Waals surface area contributed by atoms with Gasteiger partial charge in [-0.3, -0.25) is 0 Å². The zero-order valence-corrected chi connectivity index (χ0v) is 11.8. The average Bonchev–Trinajstić information content (AvgIpc) is 2.96. The quantitative estimate of drug-likeness (QED) is 0.877. The molecule has 1 aromatic carbocycles. The van der Waals surface area contributed by atoms with Gasteiger partial charge in [0.2, 0.25) is 0 Å². The molecular formula is C14H16BrN3. The largest absolute Gasteiger partial charge is 0.361 e. The SMILES string of the molecule is Br.C=CCN1C=CN(c2cccc3[nH]ccc23)C1. The van der Waals surface area contributed by atoms with Crippen LogP contribution in [-0.4, -0.2) is 23.1 Å². The molecule has 1 aromatic heterocycles. The predicted molar refractivity (Wildman–Crippen MR) is 82.0 cm³/mol. The van der Waals surface area contributed by atoms with Crippen LogP contribution in [-0.2, 0) is 0 Å². The van der Waals surface area contributed by atoms with Crippen LogP contribution in [0.5, 0.6) is 0 Å². The molecule has 0 saturated heterocycles. The highest BCUT2D eigenvalue weighted by molar-refractivity contribution is 8.93. The summed E-state index contributed by atoms with van der Waals surface area (Å²) in [5.74, 6) is 0. The first-order valence-corrected chi connectivity index (χ1v) is 5.74. The molecule has 3 rings (SSSR count). The summed E-state index contributed by atoms with van der Waals surface area (Å²) in [6.07, 6.45) is 8.12. The van der Waals surface area contributed by atoms with E-state index in [0.717, 1.165) is 13.2 Å². The summed E-state index contributed by atoms with van der Waals surface area (Å²) in [5.41, 5.74) is 2.42. The normalized spacial score (nSPS) is 14.0. The number of benzene rings is 1. The number of rotatable bonds is 3. The molecule has 2 aromatic rings. The van der Waals surface area contributed by atoms with E-state index < -0.39 is 0 Å². The van der Waals surface area contributed by atoms with E-state index in [1.54, 1.807) is 0 Å². The molecule has 0 spiro atoms. The Kier molecular flexibility index (Phi) is 3.77. The number of hydrogen-bond acceptors (Lipinski definition) is 2. The van der Waals surface area contributed by atoms with Gasteiger partial charge in [0.25, 0.3) is 0 Å². The summed E-state index contributed by atoms with van der Waals surface area (Å²) in [6.45, 7) is 5.53. The lowest BCUT2D eigenvalue weighted by Crippen LogP contribution is -2.24. The van der Waals surface area contributed by atoms with Crippen LogP contribution in [0.1, 0.15) is 0 Å². The van der Waals surface area contributed by atoms with E-state index in [0.29, 0.717) is 0 Å².